The minimum Gasteiger partial charge on any atom is -0.454 e. The molecule has 1 aromatic carbocycles. The predicted molar refractivity (Wildman–Crippen MR) is 60.7 cm³/mol. The topological polar surface area (TPSA) is 18.5 Å². The molecule has 0 amide bonds. The summed E-state index contributed by atoms with van der Waals surface area (Å²) in [4.78, 5) is 0. The molecule has 0 radical (unpaired) electrons. The average molecular weight is 227 g/mol. The van der Waals surface area contributed by atoms with Crippen LogP contribution in [0, 0.1) is 5.41 Å². The highest BCUT2D eigenvalue weighted by molar-refractivity contribution is 6.32. The Labute approximate surface area is 95.1 Å². The van der Waals surface area contributed by atoms with Gasteiger partial charge in [-0.15, -0.1) is 0 Å². The van der Waals surface area contributed by atoms with Crippen LogP contribution in [0.25, 0.3) is 0 Å². The zero-order chi connectivity index (χ0) is 11.1. The largest absolute Gasteiger partial charge is 0.454 e. The van der Waals surface area contributed by atoms with Crippen molar-refractivity contribution in [3.05, 3.63) is 22.7 Å². The second-order valence-electron chi connectivity index (χ2n) is 5.05. The number of hydrogen-bond donors (Lipinski definition) is 0. The number of benzene rings is 1. The molecule has 2 nitrogen and oxygen atoms in total. The number of ether oxygens (including phenoxy) is 2. The quantitative estimate of drug-likeness (QED) is 0.728. The van der Waals surface area contributed by atoms with Gasteiger partial charge in [0.15, 0.2) is 11.5 Å². The molecule has 0 N–H and O–H groups in total. The Balaban J connectivity index is 2.32. The maximum atomic E-state index is 6.10. The molecule has 2 rings (SSSR count). The smallest absolute Gasteiger partial charge is 0.231 e. The zero-order valence-corrected chi connectivity index (χ0v) is 10.0. The Morgan fingerprint density at radius 2 is 2.00 bits per heavy atom. The molecular formula is C12H15ClO2. The van der Waals surface area contributed by atoms with Gasteiger partial charge in [0.05, 0.1) is 5.02 Å². The van der Waals surface area contributed by atoms with E-state index in [-0.39, 0.29) is 12.2 Å². The highest BCUT2D eigenvalue weighted by Crippen LogP contribution is 2.40. The van der Waals surface area contributed by atoms with E-state index in [4.69, 9.17) is 21.1 Å². The van der Waals surface area contributed by atoms with E-state index in [9.17, 15) is 0 Å². The van der Waals surface area contributed by atoms with Crippen molar-refractivity contribution in [2.75, 3.05) is 6.79 Å². The van der Waals surface area contributed by atoms with Gasteiger partial charge in [-0.05, 0) is 29.5 Å². The summed E-state index contributed by atoms with van der Waals surface area (Å²) in [7, 11) is 0. The summed E-state index contributed by atoms with van der Waals surface area (Å²) in [5.41, 5.74) is 1.44. The van der Waals surface area contributed by atoms with Crippen molar-refractivity contribution in [3.63, 3.8) is 0 Å². The summed E-state index contributed by atoms with van der Waals surface area (Å²) >= 11 is 6.10. The molecule has 0 fully saturated rings. The predicted octanol–water partition coefficient (Wildman–Crippen LogP) is 3.66. The highest BCUT2D eigenvalue weighted by atomic mass is 35.5. The normalized spacial score (nSPS) is 14.4. The molecule has 0 saturated heterocycles. The first kappa shape index (κ1) is 10.6. The summed E-state index contributed by atoms with van der Waals surface area (Å²) in [6, 6.07) is 3.97. The second kappa shape index (κ2) is 3.60. The number of hydrogen-bond acceptors (Lipinski definition) is 2. The van der Waals surface area contributed by atoms with Gasteiger partial charge < -0.3 is 9.47 Å². The Morgan fingerprint density at radius 1 is 1.27 bits per heavy atom. The molecule has 1 aliphatic rings. The van der Waals surface area contributed by atoms with Crippen molar-refractivity contribution in [1.29, 1.82) is 0 Å². The summed E-state index contributed by atoms with van der Waals surface area (Å²) in [6.45, 7) is 6.87. The van der Waals surface area contributed by atoms with Gasteiger partial charge in [-0.25, -0.2) is 0 Å². The third kappa shape index (κ3) is 2.37. The summed E-state index contributed by atoms with van der Waals surface area (Å²) in [6.07, 6.45) is 0.976. The summed E-state index contributed by atoms with van der Waals surface area (Å²) < 4.78 is 10.6. The van der Waals surface area contributed by atoms with E-state index in [0.717, 1.165) is 12.2 Å². The first-order valence-electron chi connectivity index (χ1n) is 5.04. The van der Waals surface area contributed by atoms with E-state index in [1.165, 1.54) is 5.56 Å². The molecule has 1 aromatic rings. The fraction of sp³-hybridized carbons (Fsp3) is 0.500. The first-order chi connectivity index (χ1) is 6.96. The van der Waals surface area contributed by atoms with Gasteiger partial charge in [0, 0.05) is 0 Å². The van der Waals surface area contributed by atoms with Crippen molar-refractivity contribution in [1.82, 2.24) is 0 Å². The van der Waals surface area contributed by atoms with Crippen LogP contribution in [0.5, 0.6) is 11.5 Å². The Hall–Kier alpha value is -0.890. The fourth-order valence-corrected chi connectivity index (χ4v) is 2.02. The molecule has 82 valence electrons. The lowest BCUT2D eigenvalue weighted by molar-refractivity contribution is 0.174. The van der Waals surface area contributed by atoms with E-state index >= 15 is 0 Å². The zero-order valence-electron chi connectivity index (χ0n) is 9.26. The van der Waals surface area contributed by atoms with E-state index in [1.54, 1.807) is 0 Å². The molecule has 0 unspecified atom stereocenters. The lowest BCUT2D eigenvalue weighted by atomic mass is 9.88. The lowest BCUT2D eigenvalue weighted by Gasteiger charge is -2.18. The van der Waals surface area contributed by atoms with Crippen molar-refractivity contribution < 1.29 is 9.47 Å². The molecule has 15 heavy (non-hydrogen) atoms. The third-order valence-electron chi connectivity index (χ3n) is 2.22. The van der Waals surface area contributed by atoms with Crippen LogP contribution in [0.3, 0.4) is 0 Å². The van der Waals surface area contributed by atoms with Crippen LogP contribution >= 0.6 is 11.6 Å². The average Bonchev–Trinajstić information content (AvgIpc) is 2.48. The third-order valence-corrected chi connectivity index (χ3v) is 2.50. The maximum Gasteiger partial charge on any atom is 0.231 e. The van der Waals surface area contributed by atoms with Crippen LogP contribution in [0.15, 0.2) is 12.1 Å². The molecule has 0 atom stereocenters. The highest BCUT2D eigenvalue weighted by Gasteiger charge is 2.20. The van der Waals surface area contributed by atoms with Gasteiger partial charge in [-0.3, -0.25) is 0 Å². The van der Waals surface area contributed by atoms with Gasteiger partial charge in [0.1, 0.15) is 0 Å². The Morgan fingerprint density at radius 3 is 2.67 bits per heavy atom. The molecule has 0 spiro atoms. The Kier molecular flexibility index (Phi) is 2.55. The molecule has 0 bridgehead atoms. The fourth-order valence-electron chi connectivity index (χ4n) is 1.74. The molecule has 0 saturated carbocycles. The SMILES string of the molecule is CC(C)(C)Cc1cc(Cl)c2c(c1)OCO2. The van der Waals surface area contributed by atoms with Crippen LogP contribution < -0.4 is 9.47 Å². The maximum absolute atomic E-state index is 6.10. The van der Waals surface area contributed by atoms with Gasteiger partial charge in [-0.2, -0.15) is 0 Å². The van der Waals surface area contributed by atoms with Crippen molar-refractivity contribution in [3.8, 4) is 11.5 Å². The molecule has 0 aromatic heterocycles. The van der Waals surface area contributed by atoms with Crippen LogP contribution in [0.4, 0.5) is 0 Å². The molecule has 3 heteroatoms. The molecule has 1 aliphatic heterocycles. The van der Waals surface area contributed by atoms with Crippen LogP contribution in [0.2, 0.25) is 5.02 Å². The van der Waals surface area contributed by atoms with Gasteiger partial charge in [-0.1, -0.05) is 32.4 Å². The molecular weight excluding hydrogens is 212 g/mol. The van der Waals surface area contributed by atoms with E-state index in [1.807, 2.05) is 12.1 Å². The van der Waals surface area contributed by atoms with E-state index in [0.29, 0.717) is 10.8 Å². The first-order valence-corrected chi connectivity index (χ1v) is 5.41. The van der Waals surface area contributed by atoms with Crippen LogP contribution in [-0.4, -0.2) is 6.79 Å². The van der Waals surface area contributed by atoms with Crippen molar-refractivity contribution >= 4 is 11.6 Å². The number of rotatable bonds is 1. The Bertz CT molecular complexity index is 380. The summed E-state index contributed by atoms with van der Waals surface area (Å²) in [5.74, 6) is 1.44. The lowest BCUT2D eigenvalue weighted by Crippen LogP contribution is -2.08. The van der Waals surface area contributed by atoms with Crippen molar-refractivity contribution in [2.45, 2.75) is 27.2 Å². The molecule has 1 heterocycles. The number of halogens is 1. The van der Waals surface area contributed by atoms with Crippen molar-refractivity contribution in [2.24, 2.45) is 5.41 Å². The second-order valence-corrected chi connectivity index (χ2v) is 5.46. The number of fused-ring (bicyclic) bond motifs is 1. The minimum absolute atomic E-state index is 0.247. The monoisotopic (exact) mass is 226 g/mol. The summed E-state index contributed by atoms with van der Waals surface area (Å²) in [5, 5.41) is 0.643. The van der Waals surface area contributed by atoms with Gasteiger partial charge in [0.2, 0.25) is 6.79 Å². The van der Waals surface area contributed by atoms with Crippen LogP contribution in [0.1, 0.15) is 26.3 Å². The molecule has 0 aliphatic carbocycles. The van der Waals surface area contributed by atoms with Gasteiger partial charge >= 0.3 is 0 Å². The van der Waals surface area contributed by atoms with Crippen LogP contribution in [-0.2, 0) is 6.42 Å². The standard InChI is InChI=1S/C12H15ClO2/c1-12(2,3)6-8-4-9(13)11-10(5-8)14-7-15-11/h4-5H,6-7H2,1-3H3. The van der Waals surface area contributed by atoms with E-state index < -0.39 is 0 Å². The van der Waals surface area contributed by atoms with Gasteiger partial charge in [0.25, 0.3) is 0 Å². The van der Waals surface area contributed by atoms with E-state index in [2.05, 4.69) is 20.8 Å². The minimum atomic E-state index is 0.247.